The molecule has 0 heterocycles. The van der Waals surface area contributed by atoms with Crippen LogP contribution < -0.4 is 14.8 Å². The number of methoxy groups -OCH3 is 2. The fourth-order valence-corrected chi connectivity index (χ4v) is 3.27. The summed E-state index contributed by atoms with van der Waals surface area (Å²) >= 11 is 0. The van der Waals surface area contributed by atoms with Crippen molar-refractivity contribution in [3.8, 4) is 11.5 Å². The highest BCUT2D eigenvalue weighted by Gasteiger charge is 2.28. The molecule has 9 heteroatoms. The van der Waals surface area contributed by atoms with Crippen molar-refractivity contribution in [2.45, 2.75) is 52.0 Å². The number of likely N-dealkylation sites (N-methyl/N-ethyl adjacent to an activating group) is 1. The van der Waals surface area contributed by atoms with Crippen LogP contribution in [0.2, 0.25) is 0 Å². The Labute approximate surface area is 190 Å². The van der Waals surface area contributed by atoms with Gasteiger partial charge in [-0.3, -0.25) is 9.59 Å². The fraction of sp³-hybridized carbons (Fsp3) is 0.609. The zero-order chi connectivity index (χ0) is 23.9. The molecule has 1 atom stereocenters. The van der Waals surface area contributed by atoms with E-state index in [2.05, 4.69) is 5.32 Å². The minimum atomic E-state index is -0.612. The maximum atomic E-state index is 12.6. The first-order chi connectivity index (χ1) is 15.4. The molecule has 0 radical (unpaired) electrons. The number of aliphatic hydroxyl groups is 1. The van der Waals surface area contributed by atoms with Crippen LogP contribution in [0.25, 0.3) is 0 Å². The Balaban J connectivity index is 2.64. The normalized spacial score (nSPS) is 11.4. The Morgan fingerprint density at radius 1 is 1.12 bits per heavy atom. The molecule has 1 rings (SSSR count). The van der Waals surface area contributed by atoms with Gasteiger partial charge >= 0.3 is 5.97 Å². The number of benzene rings is 1. The van der Waals surface area contributed by atoms with Crippen LogP contribution in [0.4, 0.5) is 0 Å². The standard InChI is InChI=1S/C23H36N2O7/c1-5-8-20(23(29)31-4)25(6-2)22(28)9-10-24-21(27)15-17-13-18(30-3)16-19(14-17)32-12-7-11-26/h13-14,16,20,26H,5-12,15H2,1-4H3,(H,24,27). The molecule has 0 aliphatic rings. The van der Waals surface area contributed by atoms with Crippen molar-refractivity contribution in [3.05, 3.63) is 23.8 Å². The predicted octanol–water partition coefficient (Wildman–Crippen LogP) is 1.70. The van der Waals surface area contributed by atoms with E-state index in [1.54, 1.807) is 18.2 Å². The number of hydrogen-bond donors (Lipinski definition) is 2. The van der Waals surface area contributed by atoms with Crippen LogP contribution in [-0.4, -0.2) is 74.4 Å². The second-order valence-electron chi connectivity index (χ2n) is 7.23. The molecule has 1 aromatic rings. The van der Waals surface area contributed by atoms with Crippen LogP contribution in [-0.2, 0) is 25.5 Å². The minimum Gasteiger partial charge on any atom is -0.497 e. The Morgan fingerprint density at radius 3 is 2.44 bits per heavy atom. The molecule has 0 spiro atoms. The Morgan fingerprint density at radius 2 is 1.84 bits per heavy atom. The number of nitrogens with zero attached hydrogens (tertiary/aromatic N) is 1. The summed E-state index contributed by atoms with van der Waals surface area (Å²) in [4.78, 5) is 38.5. The van der Waals surface area contributed by atoms with Crippen molar-refractivity contribution in [1.82, 2.24) is 10.2 Å². The Hall–Kier alpha value is -2.81. The van der Waals surface area contributed by atoms with Gasteiger partial charge in [0.05, 0.1) is 27.2 Å². The largest absolute Gasteiger partial charge is 0.497 e. The summed E-state index contributed by atoms with van der Waals surface area (Å²) in [5.41, 5.74) is 0.705. The molecule has 1 aromatic carbocycles. The average molecular weight is 453 g/mol. The molecule has 2 amide bonds. The third-order valence-electron chi connectivity index (χ3n) is 4.85. The number of carbonyl (C=O) groups excluding carboxylic acids is 3. The van der Waals surface area contributed by atoms with Gasteiger partial charge in [-0.05, 0) is 31.0 Å². The fourth-order valence-electron chi connectivity index (χ4n) is 3.27. The predicted molar refractivity (Wildman–Crippen MR) is 120 cm³/mol. The Kier molecular flexibility index (Phi) is 12.8. The van der Waals surface area contributed by atoms with Crippen molar-refractivity contribution < 1.29 is 33.7 Å². The molecule has 1 unspecified atom stereocenters. The van der Waals surface area contributed by atoms with E-state index in [0.717, 1.165) is 6.42 Å². The third-order valence-corrected chi connectivity index (χ3v) is 4.85. The van der Waals surface area contributed by atoms with Crippen molar-refractivity contribution in [2.24, 2.45) is 0 Å². The molecular formula is C23H36N2O7. The molecule has 0 aliphatic carbocycles. The van der Waals surface area contributed by atoms with Gasteiger partial charge < -0.3 is 29.5 Å². The molecule has 9 nitrogen and oxygen atoms in total. The van der Waals surface area contributed by atoms with Crippen LogP contribution in [0.1, 0.15) is 45.1 Å². The van der Waals surface area contributed by atoms with Crippen molar-refractivity contribution in [2.75, 3.05) is 40.5 Å². The number of carbonyl (C=O) groups is 3. The lowest BCUT2D eigenvalue weighted by molar-refractivity contribution is -0.153. The molecule has 0 aliphatic heterocycles. The molecule has 2 N–H and O–H groups in total. The number of esters is 1. The van der Waals surface area contributed by atoms with Crippen molar-refractivity contribution in [1.29, 1.82) is 0 Å². The zero-order valence-electron chi connectivity index (χ0n) is 19.5. The molecule has 0 saturated heterocycles. The highest BCUT2D eigenvalue weighted by Crippen LogP contribution is 2.23. The lowest BCUT2D eigenvalue weighted by Crippen LogP contribution is -2.46. The first-order valence-electron chi connectivity index (χ1n) is 11.0. The first kappa shape index (κ1) is 27.2. The monoisotopic (exact) mass is 452 g/mol. The zero-order valence-corrected chi connectivity index (χ0v) is 19.5. The number of rotatable bonds is 15. The topological polar surface area (TPSA) is 114 Å². The van der Waals surface area contributed by atoms with E-state index in [0.29, 0.717) is 43.1 Å². The van der Waals surface area contributed by atoms with Gasteiger partial charge in [0.2, 0.25) is 11.8 Å². The van der Waals surface area contributed by atoms with E-state index in [-0.39, 0.29) is 37.8 Å². The van der Waals surface area contributed by atoms with E-state index in [4.69, 9.17) is 19.3 Å². The van der Waals surface area contributed by atoms with Crippen LogP contribution in [0, 0.1) is 0 Å². The summed E-state index contributed by atoms with van der Waals surface area (Å²) in [6.07, 6.45) is 1.96. The van der Waals surface area contributed by atoms with Crippen LogP contribution in [0.3, 0.4) is 0 Å². The summed E-state index contributed by atoms with van der Waals surface area (Å²) in [7, 11) is 2.84. The van der Waals surface area contributed by atoms with Gasteiger partial charge in [0.15, 0.2) is 0 Å². The lowest BCUT2D eigenvalue weighted by Gasteiger charge is -2.28. The van der Waals surface area contributed by atoms with Crippen LogP contribution in [0.15, 0.2) is 18.2 Å². The quantitative estimate of drug-likeness (QED) is 0.307. The SMILES string of the molecule is CCCC(C(=O)OC)N(CC)C(=O)CCNC(=O)Cc1cc(OC)cc(OCCCO)c1. The van der Waals surface area contributed by atoms with Gasteiger partial charge in [0.25, 0.3) is 0 Å². The molecule has 0 aromatic heterocycles. The minimum absolute atomic E-state index is 0.0340. The molecule has 0 saturated carbocycles. The number of nitrogens with one attached hydrogen (secondary N) is 1. The second kappa shape index (κ2) is 15.1. The summed E-state index contributed by atoms with van der Waals surface area (Å²) < 4.78 is 15.7. The first-order valence-corrected chi connectivity index (χ1v) is 11.0. The highest BCUT2D eigenvalue weighted by atomic mass is 16.5. The molecule has 0 bridgehead atoms. The van der Waals surface area contributed by atoms with Crippen LogP contribution >= 0.6 is 0 Å². The summed E-state index contributed by atoms with van der Waals surface area (Å²) in [5.74, 6) is 0.235. The number of hydrogen-bond acceptors (Lipinski definition) is 7. The molecule has 180 valence electrons. The number of ether oxygens (including phenoxy) is 3. The smallest absolute Gasteiger partial charge is 0.328 e. The summed E-state index contributed by atoms with van der Waals surface area (Å²) in [6, 6.07) is 4.59. The maximum Gasteiger partial charge on any atom is 0.328 e. The number of aliphatic hydroxyl groups excluding tert-OH is 1. The van der Waals surface area contributed by atoms with E-state index >= 15 is 0 Å². The molecular weight excluding hydrogens is 416 g/mol. The van der Waals surface area contributed by atoms with E-state index in [1.165, 1.54) is 19.1 Å². The van der Waals surface area contributed by atoms with Crippen molar-refractivity contribution in [3.63, 3.8) is 0 Å². The van der Waals surface area contributed by atoms with Gasteiger partial charge in [0, 0.05) is 38.6 Å². The van der Waals surface area contributed by atoms with E-state index in [1.807, 2.05) is 13.8 Å². The van der Waals surface area contributed by atoms with Gasteiger partial charge in [-0.2, -0.15) is 0 Å². The third kappa shape index (κ3) is 9.13. The van der Waals surface area contributed by atoms with Gasteiger partial charge in [-0.25, -0.2) is 4.79 Å². The van der Waals surface area contributed by atoms with E-state index in [9.17, 15) is 14.4 Å². The van der Waals surface area contributed by atoms with E-state index < -0.39 is 12.0 Å². The highest BCUT2D eigenvalue weighted by molar-refractivity contribution is 5.85. The van der Waals surface area contributed by atoms with Gasteiger partial charge in [-0.15, -0.1) is 0 Å². The second-order valence-corrected chi connectivity index (χ2v) is 7.23. The molecule has 0 fully saturated rings. The summed E-state index contributed by atoms with van der Waals surface area (Å²) in [5, 5.41) is 11.6. The van der Waals surface area contributed by atoms with Crippen molar-refractivity contribution >= 4 is 17.8 Å². The van der Waals surface area contributed by atoms with Crippen LogP contribution in [0.5, 0.6) is 11.5 Å². The maximum absolute atomic E-state index is 12.6. The summed E-state index contributed by atoms with van der Waals surface area (Å²) in [6.45, 7) is 4.69. The lowest BCUT2D eigenvalue weighted by atomic mass is 10.1. The Bertz CT molecular complexity index is 739. The molecule has 32 heavy (non-hydrogen) atoms. The van der Waals surface area contributed by atoms with Gasteiger partial charge in [0.1, 0.15) is 17.5 Å². The average Bonchev–Trinajstić information content (AvgIpc) is 2.78. The number of amides is 2. The van der Waals surface area contributed by atoms with Gasteiger partial charge in [-0.1, -0.05) is 13.3 Å².